The van der Waals surface area contributed by atoms with Gasteiger partial charge in [0.2, 0.25) is 0 Å². The van der Waals surface area contributed by atoms with E-state index in [-0.39, 0.29) is 17.5 Å². The Bertz CT molecular complexity index is 704. The molecule has 1 nitrogen and oxygen atoms in total. The van der Waals surface area contributed by atoms with Gasteiger partial charge in [0.15, 0.2) is 5.78 Å². The molecule has 3 rings (SSSR count). The van der Waals surface area contributed by atoms with Crippen LogP contribution in [0.5, 0.6) is 0 Å². The maximum absolute atomic E-state index is 13.2. The Morgan fingerprint density at radius 2 is 1.77 bits per heavy atom. The van der Waals surface area contributed by atoms with E-state index in [4.69, 9.17) is 0 Å². The normalized spacial score (nSPS) is 18.1. The third-order valence-corrected chi connectivity index (χ3v) is 4.95. The van der Waals surface area contributed by atoms with E-state index in [1.807, 2.05) is 18.2 Å². The van der Waals surface area contributed by atoms with Gasteiger partial charge in [0.25, 0.3) is 0 Å². The lowest BCUT2D eigenvalue weighted by atomic mass is 9.98. The minimum atomic E-state index is -0.279. The van der Waals surface area contributed by atoms with Crippen LogP contribution in [-0.4, -0.2) is 11.5 Å². The summed E-state index contributed by atoms with van der Waals surface area (Å²) in [6, 6.07) is 16.4. The van der Waals surface area contributed by atoms with Crippen molar-refractivity contribution in [1.82, 2.24) is 0 Å². The molecule has 0 heterocycles. The lowest BCUT2D eigenvalue weighted by Gasteiger charge is -2.14. The van der Waals surface area contributed by atoms with Gasteiger partial charge in [0.05, 0.1) is 0 Å². The van der Waals surface area contributed by atoms with Gasteiger partial charge in [-0.25, -0.2) is 4.39 Å². The number of halogens is 1. The van der Waals surface area contributed by atoms with E-state index in [9.17, 15) is 9.18 Å². The van der Waals surface area contributed by atoms with Crippen molar-refractivity contribution in [1.29, 1.82) is 0 Å². The second kappa shape index (κ2) is 6.49. The average molecular weight is 312 g/mol. The first-order valence-corrected chi connectivity index (χ1v) is 8.40. The van der Waals surface area contributed by atoms with Crippen LogP contribution in [0, 0.1) is 5.82 Å². The van der Waals surface area contributed by atoms with Crippen molar-refractivity contribution < 1.29 is 9.18 Å². The van der Waals surface area contributed by atoms with Gasteiger partial charge in [-0.05, 0) is 29.0 Å². The Morgan fingerprint density at radius 1 is 1.09 bits per heavy atom. The maximum Gasteiger partial charge on any atom is 0.165 e. The lowest BCUT2D eigenvalue weighted by Crippen LogP contribution is -1.98. The summed E-state index contributed by atoms with van der Waals surface area (Å²) in [7, 11) is 0. The van der Waals surface area contributed by atoms with Crippen molar-refractivity contribution in [3.8, 4) is 0 Å². The van der Waals surface area contributed by atoms with Crippen LogP contribution in [0.4, 0.5) is 4.39 Å². The van der Waals surface area contributed by atoms with Crippen LogP contribution in [0.25, 0.3) is 5.57 Å². The van der Waals surface area contributed by atoms with E-state index in [1.165, 1.54) is 17.7 Å². The van der Waals surface area contributed by atoms with Gasteiger partial charge >= 0.3 is 0 Å². The predicted octanol–water partition coefficient (Wildman–Crippen LogP) is 5.05. The zero-order valence-corrected chi connectivity index (χ0v) is 13.2. The number of carbonyl (C=O) groups excluding carboxylic acids is 1. The molecule has 0 radical (unpaired) electrons. The van der Waals surface area contributed by atoms with E-state index in [2.05, 4.69) is 19.1 Å². The SMILES string of the molecule is CCSC1=C(c2ccc(F)cc2)C(=O)CC1c1ccccc1. The topological polar surface area (TPSA) is 17.1 Å². The quantitative estimate of drug-likeness (QED) is 0.786. The number of thioether (sulfide) groups is 1. The molecule has 0 amide bonds. The van der Waals surface area contributed by atoms with Gasteiger partial charge in [-0.3, -0.25) is 4.79 Å². The van der Waals surface area contributed by atoms with Crippen molar-refractivity contribution in [2.24, 2.45) is 0 Å². The highest BCUT2D eigenvalue weighted by molar-refractivity contribution is 8.03. The molecule has 22 heavy (non-hydrogen) atoms. The summed E-state index contributed by atoms with van der Waals surface area (Å²) in [6.45, 7) is 2.09. The monoisotopic (exact) mass is 312 g/mol. The number of hydrogen-bond acceptors (Lipinski definition) is 2. The largest absolute Gasteiger partial charge is 0.294 e. The smallest absolute Gasteiger partial charge is 0.165 e. The second-order valence-corrected chi connectivity index (χ2v) is 6.58. The van der Waals surface area contributed by atoms with Gasteiger partial charge in [-0.15, -0.1) is 11.8 Å². The molecule has 0 fully saturated rings. The van der Waals surface area contributed by atoms with Crippen LogP contribution >= 0.6 is 11.8 Å². The minimum Gasteiger partial charge on any atom is -0.294 e. The summed E-state index contributed by atoms with van der Waals surface area (Å²) in [5.74, 6) is 0.908. The molecule has 1 unspecified atom stereocenters. The molecule has 3 heteroatoms. The molecule has 0 N–H and O–H groups in total. The first-order valence-electron chi connectivity index (χ1n) is 7.41. The number of Topliss-reactive ketones (excluding diaryl/α,β-unsaturated/α-hetero) is 1. The molecule has 2 aromatic carbocycles. The van der Waals surface area contributed by atoms with Gasteiger partial charge in [0, 0.05) is 22.8 Å². The molecule has 0 aromatic heterocycles. The first-order chi connectivity index (χ1) is 10.7. The van der Waals surface area contributed by atoms with Gasteiger partial charge in [-0.2, -0.15) is 0 Å². The van der Waals surface area contributed by atoms with Crippen molar-refractivity contribution in [3.05, 3.63) is 76.4 Å². The molecule has 0 spiro atoms. The predicted molar refractivity (Wildman–Crippen MR) is 90.3 cm³/mol. The molecule has 1 aliphatic carbocycles. The number of rotatable bonds is 4. The Labute approximate surface area is 134 Å². The number of hydrogen-bond donors (Lipinski definition) is 0. The van der Waals surface area contributed by atoms with Crippen LogP contribution in [0.15, 0.2) is 59.5 Å². The summed E-state index contributed by atoms with van der Waals surface area (Å²) in [6.07, 6.45) is 0.499. The summed E-state index contributed by atoms with van der Waals surface area (Å²) < 4.78 is 13.2. The minimum absolute atomic E-state index is 0.124. The Morgan fingerprint density at radius 3 is 2.41 bits per heavy atom. The highest BCUT2D eigenvalue weighted by atomic mass is 32.2. The molecule has 0 bridgehead atoms. The van der Waals surface area contributed by atoms with Gasteiger partial charge in [0.1, 0.15) is 5.82 Å². The van der Waals surface area contributed by atoms with E-state index >= 15 is 0 Å². The Balaban J connectivity index is 2.08. The van der Waals surface area contributed by atoms with Crippen LogP contribution in [0.2, 0.25) is 0 Å². The number of benzene rings is 2. The summed E-state index contributed by atoms with van der Waals surface area (Å²) in [5, 5.41) is 0. The first kappa shape index (κ1) is 15.0. The molecule has 0 aliphatic heterocycles. The summed E-state index contributed by atoms with van der Waals surface area (Å²) in [5.41, 5.74) is 2.75. The summed E-state index contributed by atoms with van der Waals surface area (Å²) >= 11 is 1.72. The fourth-order valence-electron chi connectivity index (χ4n) is 2.89. The van der Waals surface area contributed by atoms with Crippen molar-refractivity contribution in [2.75, 3.05) is 5.75 Å². The fraction of sp³-hybridized carbons (Fsp3) is 0.211. The third kappa shape index (κ3) is 2.86. The van der Waals surface area contributed by atoms with Crippen molar-refractivity contribution >= 4 is 23.1 Å². The highest BCUT2D eigenvalue weighted by Gasteiger charge is 2.33. The zero-order chi connectivity index (χ0) is 15.5. The molecule has 1 aliphatic rings. The van der Waals surface area contributed by atoms with Gasteiger partial charge in [-0.1, -0.05) is 49.4 Å². The maximum atomic E-state index is 13.2. The summed E-state index contributed by atoms with van der Waals surface area (Å²) in [4.78, 5) is 13.7. The van der Waals surface area contributed by atoms with Crippen molar-refractivity contribution in [3.63, 3.8) is 0 Å². The molecule has 2 aromatic rings. The standard InChI is InChI=1S/C19H17FOS/c1-2-22-19-16(13-6-4-3-5-7-13)12-17(21)18(19)14-8-10-15(20)11-9-14/h3-11,16H,2,12H2,1H3. The van der Waals surface area contributed by atoms with Crippen LogP contribution < -0.4 is 0 Å². The Kier molecular flexibility index (Phi) is 4.44. The van der Waals surface area contributed by atoms with Gasteiger partial charge < -0.3 is 0 Å². The van der Waals surface area contributed by atoms with E-state index < -0.39 is 0 Å². The molecular weight excluding hydrogens is 295 g/mol. The van der Waals surface area contributed by atoms with Crippen LogP contribution in [-0.2, 0) is 4.79 Å². The number of carbonyl (C=O) groups is 1. The van der Waals surface area contributed by atoms with E-state index in [0.29, 0.717) is 6.42 Å². The van der Waals surface area contributed by atoms with Crippen LogP contribution in [0.3, 0.4) is 0 Å². The molecule has 112 valence electrons. The Hall–Kier alpha value is -1.87. The molecule has 0 saturated carbocycles. The van der Waals surface area contributed by atoms with Crippen LogP contribution in [0.1, 0.15) is 30.4 Å². The van der Waals surface area contributed by atoms with E-state index in [1.54, 1.807) is 23.9 Å². The van der Waals surface area contributed by atoms with Crippen molar-refractivity contribution in [2.45, 2.75) is 19.3 Å². The van der Waals surface area contributed by atoms with E-state index in [0.717, 1.165) is 21.8 Å². The molecular formula is C19H17FOS. The number of ketones is 1. The highest BCUT2D eigenvalue weighted by Crippen LogP contribution is 2.46. The fourth-order valence-corrected chi connectivity index (χ4v) is 4.00. The zero-order valence-electron chi connectivity index (χ0n) is 12.4. The molecule has 0 saturated heterocycles. The molecule has 1 atom stereocenters. The lowest BCUT2D eigenvalue weighted by molar-refractivity contribution is -0.113. The average Bonchev–Trinajstić information content (AvgIpc) is 2.86. The second-order valence-electron chi connectivity index (χ2n) is 5.27. The number of allylic oxidation sites excluding steroid dienone is 2. The third-order valence-electron chi connectivity index (χ3n) is 3.87.